The fourth-order valence-corrected chi connectivity index (χ4v) is 1.000. The van der Waals surface area contributed by atoms with Gasteiger partial charge in [0.25, 0.3) is 5.91 Å². The summed E-state index contributed by atoms with van der Waals surface area (Å²) < 4.78 is 5.24. The number of pyridine rings is 1. The van der Waals surface area contributed by atoms with Crippen LogP contribution < -0.4 is 10.1 Å². The van der Waals surface area contributed by atoms with E-state index in [0.29, 0.717) is 5.75 Å². The Morgan fingerprint density at radius 1 is 1.67 bits per heavy atom. The molecule has 0 aliphatic rings. The number of carbonyl (C=O) groups is 1. The number of ether oxygens (including phenoxy) is 1. The van der Waals surface area contributed by atoms with Crippen molar-refractivity contribution >= 4 is 5.91 Å². The quantitative estimate of drug-likeness (QED) is 0.795. The summed E-state index contributed by atoms with van der Waals surface area (Å²) in [4.78, 5) is 15.2. The third-order valence-electron chi connectivity index (χ3n) is 2.02. The maximum absolute atomic E-state index is 11.3. The summed E-state index contributed by atoms with van der Waals surface area (Å²) >= 11 is 0. The number of aromatic nitrogens is 1. The molecule has 0 saturated heterocycles. The highest BCUT2D eigenvalue weighted by Crippen LogP contribution is 2.05. The minimum absolute atomic E-state index is 0.0377. The third-order valence-corrected chi connectivity index (χ3v) is 2.02. The number of hydrogen-bond donors (Lipinski definition) is 1. The summed E-state index contributed by atoms with van der Waals surface area (Å²) in [5, 5.41) is 2.82. The molecule has 1 aromatic rings. The molecule has 0 aliphatic heterocycles. The van der Waals surface area contributed by atoms with Crippen LogP contribution in [-0.2, 0) is 4.79 Å². The third kappa shape index (κ3) is 4.44. The molecule has 1 aromatic heterocycles. The molecule has 0 bridgehead atoms. The summed E-state index contributed by atoms with van der Waals surface area (Å²) in [5.41, 5.74) is 0. The van der Waals surface area contributed by atoms with Gasteiger partial charge in [0.05, 0.1) is 6.20 Å². The lowest BCUT2D eigenvalue weighted by Crippen LogP contribution is -2.35. The highest BCUT2D eigenvalue weighted by molar-refractivity contribution is 5.77. The Morgan fingerprint density at radius 3 is 3.07 bits per heavy atom. The Kier molecular flexibility index (Phi) is 4.60. The van der Waals surface area contributed by atoms with Gasteiger partial charge in [0.1, 0.15) is 5.75 Å². The van der Waals surface area contributed by atoms with Gasteiger partial charge < -0.3 is 10.1 Å². The van der Waals surface area contributed by atoms with Crippen molar-refractivity contribution < 1.29 is 9.53 Å². The average Bonchev–Trinajstić information content (AvgIpc) is 2.27. The van der Waals surface area contributed by atoms with Gasteiger partial charge in [-0.1, -0.05) is 6.92 Å². The van der Waals surface area contributed by atoms with Crippen molar-refractivity contribution in [2.45, 2.75) is 26.3 Å². The number of nitrogens with zero attached hydrogens (tertiary/aromatic N) is 1. The molecular formula is C11H16N2O2. The first kappa shape index (κ1) is 11.5. The second-order valence-corrected chi connectivity index (χ2v) is 3.35. The number of amides is 1. The summed E-state index contributed by atoms with van der Waals surface area (Å²) in [6, 6.07) is 3.72. The van der Waals surface area contributed by atoms with E-state index >= 15 is 0 Å². The zero-order valence-electron chi connectivity index (χ0n) is 9.06. The molecule has 0 aliphatic carbocycles. The molecule has 1 unspecified atom stereocenters. The van der Waals surface area contributed by atoms with Crippen molar-refractivity contribution in [1.82, 2.24) is 10.3 Å². The lowest BCUT2D eigenvalue weighted by molar-refractivity contribution is -0.123. The van der Waals surface area contributed by atoms with Gasteiger partial charge in [0.15, 0.2) is 6.61 Å². The Bertz CT molecular complexity index is 301. The molecule has 4 heteroatoms. The van der Waals surface area contributed by atoms with Gasteiger partial charge in [-0.3, -0.25) is 9.78 Å². The lowest BCUT2D eigenvalue weighted by Gasteiger charge is -2.11. The maximum atomic E-state index is 11.3. The van der Waals surface area contributed by atoms with Crippen LogP contribution in [0.1, 0.15) is 20.3 Å². The monoisotopic (exact) mass is 208 g/mol. The van der Waals surface area contributed by atoms with Crippen LogP contribution >= 0.6 is 0 Å². The van der Waals surface area contributed by atoms with Gasteiger partial charge in [-0.2, -0.15) is 0 Å². The molecule has 0 radical (unpaired) electrons. The van der Waals surface area contributed by atoms with Gasteiger partial charge in [0, 0.05) is 12.2 Å². The van der Waals surface area contributed by atoms with Crippen molar-refractivity contribution in [3.63, 3.8) is 0 Å². The molecule has 4 nitrogen and oxygen atoms in total. The van der Waals surface area contributed by atoms with Gasteiger partial charge in [-0.25, -0.2) is 0 Å². The van der Waals surface area contributed by atoms with Crippen LogP contribution in [0, 0.1) is 0 Å². The maximum Gasteiger partial charge on any atom is 0.258 e. The Labute approximate surface area is 89.7 Å². The summed E-state index contributed by atoms with van der Waals surface area (Å²) in [6.07, 6.45) is 4.15. The van der Waals surface area contributed by atoms with E-state index in [-0.39, 0.29) is 18.6 Å². The minimum atomic E-state index is -0.104. The number of hydrogen-bond acceptors (Lipinski definition) is 3. The Morgan fingerprint density at radius 2 is 2.47 bits per heavy atom. The van der Waals surface area contributed by atoms with E-state index < -0.39 is 0 Å². The second kappa shape index (κ2) is 6.01. The molecule has 0 saturated carbocycles. The SMILES string of the molecule is CCC(C)NC(=O)COc1cccnc1. The Hall–Kier alpha value is -1.58. The van der Waals surface area contributed by atoms with Crippen molar-refractivity contribution in [3.05, 3.63) is 24.5 Å². The lowest BCUT2D eigenvalue weighted by atomic mass is 10.2. The Balaban J connectivity index is 2.29. The van der Waals surface area contributed by atoms with Crippen LogP contribution in [0.2, 0.25) is 0 Å². The molecule has 1 rings (SSSR count). The molecule has 1 amide bonds. The molecule has 0 spiro atoms. The highest BCUT2D eigenvalue weighted by atomic mass is 16.5. The zero-order chi connectivity index (χ0) is 11.1. The average molecular weight is 208 g/mol. The highest BCUT2D eigenvalue weighted by Gasteiger charge is 2.05. The molecule has 0 fully saturated rings. The van der Waals surface area contributed by atoms with Crippen molar-refractivity contribution in [1.29, 1.82) is 0 Å². The fourth-order valence-electron chi connectivity index (χ4n) is 1.000. The van der Waals surface area contributed by atoms with Crippen LogP contribution in [-0.4, -0.2) is 23.5 Å². The van der Waals surface area contributed by atoms with E-state index in [2.05, 4.69) is 10.3 Å². The van der Waals surface area contributed by atoms with Crippen LogP contribution in [0.4, 0.5) is 0 Å². The van der Waals surface area contributed by atoms with Crippen LogP contribution in [0.5, 0.6) is 5.75 Å². The van der Waals surface area contributed by atoms with Crippen molar-refractivity contribution in [3.8, 4) is 5.75 Å². The van der Waals surface area contributed by atoms with Crippen molar-refractivity contribution in [2.24, 2.45) is 0 Å². The van der Waals surface area contributed by atoms with Gasteiger partial charge in [-0.05, 0) is 25.5 Å². The minimum Gasteiger partial charge on any atom is -0.482 e. The topological polar surface area (TPSA) is 51.2 Å². The van der Waals surface area contributed by atoms with E-state index in [1.54, 1.807) is 24.5 Å². The molecular weight excluding hydrogens is 192 g/mol. The second-order valence-electron chi connectivity index (χ2n) is 3.35. The summed E-state index contributed by atoms with van der Waals surface area (Å²) in [7, 11) is 0. The first-order chi connectivity index (χ1) is 7.22. The largest absolute Gasteiger partial charge is 0.482 e. The molecule has 1 N–H and O–H groups in total. The van der Waals surface area contributed by atoms with E-state index in [1.165, 1.54) is 0 Å². The summed E-state index contributed by atoms with van der Waals surface area (Å²) in [5.74, 6) is 0.505. The van der Waals surface area contributed by atoms with Crippen LogP contribution in [0.3, 0.4) is 0 Å². The van der Waals surface area contributed by atoms with Gasteiger partial charge >= 0.3 is 0 Å². The first-order valence-electron chi connectivity index (χ1n) is 5.04. The predicted octanol–water partition coefficient (Wildman–Crippen LogP) is 1.38. The molecule has 82 valence electrons. The van der Waals surface area contributed by atoms with E-state index in [0.717, 1.165) is 6.42 Å². The van der Waals surface area contributed by atoms with E-state index in [1.807, 2.05) is 13.8 Å². The van der Waals surface area contributed by atoms with E-state index in [9.17, 15) is 4.79 Å². The number of rotatable bonds is 5. The molecule has 0 aromatic carbocycles. The molecule has 1 heterocycles. The molecule has 1 atom stereocenters. The van der Waals surface area contributed by atoms with Crippen LogP contribution in [0.15, 0.2) is 24.5 Å². The first-order valence-corrected chi connectivity index (χ1v) is 5.04. The van der Waals surface area contributed by atoms with Gasteiger partial charge in [0.2, 0.25) is 0 Å². The van der Waals surface area contributed by atoms with Crippen molar-refractivity contribution in [2.75, 3.05) is 6.61 Å². The number of carbonyl (C=O) groups excluding carboxylic acids is 1. The van der Waals surface area contributed by atoms with Crippen LogP contribution in [0.25, 0.3) is 0 Å². The fraction of sp³-hybridized carbons (Fsp3) is 0.455. The number of nitrogens with one attached hydrogen (secondary N) is 1. The standard InChI is InChI=1S/C11H16N2O2/c1-3-9(2)13-11(14)8-15-10-5-4-6-12-7-10/h4-7,9H,3,8H2,1-2H3,(H,13,14). The van der Waals surface area contributed by atoms with Gasteiger partial charge in [-0.15, -0.1) is 0 Å². The van der Waals surface area contributed by atoms with E-state index in [4.69, 9.17) is 4.74 Å². The summed E-state index contributed by atoms with van der Waals surface area (Å²) in [6.45, 7) is 4.02. The smallest absolute Gasteiger partial charge is 0.258 e. The predicted molar refractivity (Wildman–Crippen MR) is 57.6 cm³/mol. The zero-order valence-corrected chi connectivity index (χ0v) is 9.06. The normalized spacial score (nSPS) is 11.9. The molecule has 15 heavy (non-hydrogen) atoms.